The van der Waals surface area contributed by atoms with Gasteiger partial charge in [-0.15, -0.1) is 0 Å². The molecule has 0 saturated carbocycles. The molecule has 0 radical (unpaired) electrons. The van der Waals surface area contributed by atoms with Crippen LogP contribution in [0.25, 0.3) is 27.6 Å². The molecule has 0 bridgehead atoms. The zero-order valence-electron chi connectivity index (χ0n) is 16.6. The fourth-order valence-electron chi connectivity index (χ4n) is 4.03. The summed E-state index contributed by atoms with van der Waals surface area (Å²) < 4.78 is 0. The normalized spacial score (nSPS) is 13.0. The monoisotopic (exact) mass is 420 g/mol. The highest BCUT2D eigenvalue weighted by Crippen LogP contribution is 2.42. The van der Waals surface area contributed by atoms with Crippen molar-refractivity contribution in [2.75, 3.05) is 10.2 Å². The Kier molecular flexibility index (Phi) is 4.47. The van der Waals surface area contributed by atoms with E-state index in [2.05, 4.69) is 35.6 Å². The van der Waals surface area contributed by atoms with Crippen LogP contribution >= 0.6 is 11.6 Å². The summed E-state index contributed by atoms with van der Waals surface area (Å²) in [5.41, 5.74) is 5.61. The summed E-state index contributed by atoms with van der Waals surface area (Å²) in [6.07, 6.45) is 3.67. The van der Waals surface area contributed by atoms with Crippen molar-refractivity contribution in [3.63, 3.8) is 0 Å². The minimum Gasteiger partial charge on any atom is -0.341 e. The summed E-state index contributed by atoms with van der Waals surface area (Å²) in [6, 6.07) is 21.6. The number of rotatable bonds is 2. The fraction of sp³-hybridized carbons (Fsp3) is 0. The summed E-state index contributed by atoms with van der Waals surface area (Å²) in [5, 5.41) is 15.5. The molecule has 3 aromatic carbocycles. The second-order valence-corrected chi connectivity index (χ2v) is 7.68. The summed E-state index contributed by atoms with van der Waals surface area (Å²) in [6.45, 7) is 8.57. The highest BCUT2D eigenvalue weighted by atomic mass is 35.5. The van der Waals surface area contributed by atoms with Crippen LogP contribution in [0, 0.1) is 11.3 Å². The molecule has 5 rings (SSSR count). The Morgan fingerprint density at radius 3 is 2.68 bits per heavy atom. The van der Waals surface area contributed by atoms with E-state index < -0.39 is 0 Å². The van der Waals surface area contributed by atoms with Crippen LogP contribution in [0.4, 0.5) is 11.4 Å². The minimum atomic E-state index is 0.532. The van der Waals surface area contributed by atoms with E-state index in [1.54, 1.807) is 18.2 Å². The second-order valence-electron chi connectivity index (χ2n) is 7.27. The Morgan fingerprint density at radius 1 is 1.00 bits per heavy atom. The Labute approximate surface area is 185 Å². The summed E-state index contributed by atoms with van der Waals surface area (Å²) >= 11 is 6.42. The topological polar surface area (TPSA) is 52.0 Å². The van der Waals surface area contributed by atoms with E-state index >= 15 is 0 Å². The Hall–Kier alpha value is -4.07. The first-order chi connectivity index (χ1) is 15.1. The Balaban J connectivity index is 1.62. The molecule has 0 amide bonds. The third-order valence-electron chi connectivity index (χ3n) is 5.46. The smallest absolute Gasteiger partial charge is 0.108 e. The van der Waals surface area contributed by atoms with Crippen molar-refractivity contribution in [3.8, 4) is 17.2 Å². The third-order valence-corrected chi connectivity index (χ3v) is 5.78. The van der Waals surface area contributed by atoms with Crippen LogP contribution in [0.3, 0.4) is 0 Å². The van der Waals surface area contributed by atoms with E-state index in [1.807, 2.05) is 53.7 Å². The van der Waals surface area contributed by atoms with Gasteiger partial charge in [0.1, 0.15) is 5.82 Å². The molecule has 2 heterocycles. The van der Waals surface area contributed by atoms with Gasteiger partial charge in [-0.2, -0.15) is 5.26 Å². The largest absolute Gasteiger partial charge is 0.341 e. The Bertz CT molecular complexity index is 1430. The zero-order valence-corrected chi connectivity index (χ0v) is 17.3. The van der Waals surface area contributed by atoms with E-state index in [4.69, 9.17) is 11.6 Å². The molecule has 1 aromatic heterocycles. The molecule has 0 atom stereocenters. The second kappa shape index (κ2) is 7.32. The molecule has 5 heteroatoms. The fourth-order valence-corrected chi connectivity index (χ4v) is 4.31. The molecule has 0 fully saturated rings. The molecule has 4 aromatic rings. The van der Waals surface area contributed by atoms with Crippen LogP contribution in [-0.2, 0) is 0 Å². The standard InChI is InChI=1S/C26H17ClN4/c1-16-21-11-10-18(26-19(13-28)7-5-9-23(26)27)12-24(21)30-17(2)31(16)25-15-29-14-20-6-3-4-8-22(20)25/h3-12,14-15,30H,1-2H2. The van der Waals surface area contributed by atoms with Crippen LogP contribution in [-0.4, -0.2) is 4.98 Å². The van der Waals surface area contributed by atoms with Gasteiger partial charge in [-0.1, -0.05) is 67.2 Å². The minimum absolute atomic E-state index is 0.532. The van der Waals surface area contributed by atoms with Gasteiger partial charge < -0.3 is 5.32 Å². The lowest BCUT2D eigenvalue weighted by atomic mass is 9.96. The van der Waals surface area contributed by atoms with Gasteiger partial charge in [-0.25, -0.2) is 0 Å². The highest BCUT2D eigenvalue weighted by Gasteiger charge is 2.26. The maximum atomic E-state index is 9.51. The van der Waals surface area contributed by atoms with Crippen LogP contribution in [0.2, 0.25) is 5.02 Å². The average Bonchev–Trinajstić information content (AvgIpc) is 2.78. The molecule has 31 heavy (non-hydrogen) atoms. The van der Waals surface area contributed by atoms with Crippen LogP contribution in [0.15, 0.2) is 92.0 Å². The molecular formula is C26H17ClN4. The predicted octanol–water partition coefficient (Wildman–Crippen LogP) is 6.80. The molecule has 0 unspecified atom stereocenters. The first-order valence-corrected chi connectivity index (χ1v) is 10.1. The number of fused-ring (bicyclic) bond motifs is 2. The maximum absolute atomic E-state index is 9.51. The van der Waals surface area contributed by atoms with Crippen molar-refractivity contribution in [1.82, 2.24) is 4.98 Å². The van der Waals surface area contributed by atoms with Crippen molar-refractivity contribution in [2.24, 2.45) is 0 Å². The van der Waals surface area contributed by atoms with Gasteiger partial charge in [0, 0.05) is 44.5 Å². The van der Waals surface area contributed by atoms with E-state index in [0.29, 0.717) is 22.0 Å². The molecule has 0 spiro atoms. The molecular weight excluding hydrogens is 404 g/mol. The van der Waals surface area contributed by atoms with Crippen molar-refractivity contribution < 1.29 is 0 Å². The van der Waals surface area contributed by atoms with Gasteiger partial charge >= 0.3 is 0 Å². The van der Waals surface area contributed by atoms with Crippen molar-refractivity contribution >= 4 is 39.4 Å². The number of benzene rings is 3. The Morgan fingerprint density at radius 2 is 1.84 bits per heavy atom. The highest BCUT2D eigenvalue weighted by molar-refractivity contribution is 6.33. The lowest BCUT2D eigenvalue weighted by molar-refractivity contribution is 1.14. The number of anilines is 2. The van der Waals surface area contributed by atoms with Crippen molar-refractivity contribution in [3.05, 3.63) is 108 Å². The lowest BCUT2D eigenvalue weighted by Gasteiger charge is -2.35. The number of hydrogen-bond acceptors (Lipinski definition) is 4. The molecule has 1 N–H and O–H groups in total. The molecule has 1 aliphatic heterocycles. The van der Waals surface area contributed by atoms with E-state index in [-0.39, 0.29) is 0 Å². The summed E-state index contributed by atoms with van der Waals surface area (Å²) in [4.78, 5) is 6.38. The number of hydrogen-bond donors (Lipinski definition) is 1. The van der Waals surface area contributed by atoms with E-state index in [1.165, 1.54) is 0 Å². The lowest BCUT2D eigenvalue weighted by Crippen LogP contribution is -2.29. The van der Waals surface area contributed by atoms with Crippen molar-refractivity contribution in [2.45, 2.75) is 0 Å². The maximum Gasteiger partial charge on any atom is 0.108 e. The van der Waals surface area contributed by atoms with Gasteiger partial charge in [0.2, 0.25) is 0 Å². The number of aromatic nitrogens is 1. The van der Waals surface area contributed by atoms with Gasteiger partial charge in [0.05, 0.1) is 23.5 Å². The van der Waals surface area contributed by atoms with Gasteiger partial charge in [0.25, 0.3) is 0 Å². The first-order valence-electron chi connectivity index (χ1n) is 9.69. The number of nitrogens with one attached hydrogen (secondary N) is 1. The summed E-state index contributed by atoms with van der Waals surface area (Å²) in [5.74, 6) is 0.674. The number of nitrogens with zero attached hydrogens (tertiary/aromatic N) is 3. The summed E-state index contributed by atoms with van der Waals surface area (Å²) in [7, 11) is 0. The van der Waals surface area contributed by atoms with Crippen molar-refractivity contribution in [1.29, 1.82) is 5.26 Å². The number of pyridine rings is 1. The van der Waals surface area contributed by atoms with Gasteiger partial charge in [-0.05, 0) is 23.8 Å². The van der Waals surface area contributed by atoms with Gasteiger partial charge in [0.15, 0.2) is 0 Å². The average molecular weight is 421 g/mol. The number of nitriles is 1. The quantitative estimate of drug-likeness (QED) is 0.387. The van der Waals surface area contributed by atoms with Crippen LogP contribution in [0.5, 0.6) is 0 Å². The SMILES string of the molecule is C=C1Nc2cc(-c3c(Cl)cccc3C#N)ccc2C(=C)N1c1cncc2ccccc12. The predicted molar refractivity (Wildman–Crippen MR) is 128 cm³/mol. The molecule has 1 aliphatic rings. The first kappa shape index (κ1) is 18.9. The number of halogens is 1. The van der Waals surface area contributed by atoms with Gasteiger partial charge in [-0.3, -0.25) is 9.88 Å². The van der Waals surface area contributed by atoms with Crippen LogP contribution in [0.1, 0.15) is 11.1 Å². The third kappa shape index (κ3) is 3.04. The van der Waals surface area contributed by atoms with E-state index in [9.17, 15) is 5.26 Å². The molecule has 4 nitrogen and oxygen atoms in total. The zero-order chi connectivity index (χ0) is 21.5. The van der Waals surface area contributed by atoms with Crippen LogP contribution < -0.4 is 10.2 Å². The molecule has 0 aliphatic carbocycles. The molecule has 148 valence electrons. The molecule has 0 saturated heterocycles. The van der Waals surface area contributed by atoms with E-state index in [0.717, 1.165) is 39.0 Å².